The Morgan fingerprint density at radius 2 is 1.81 bits per heavy atom. The Balaban J connectivity index is 2.40. The van der Waals surface area contributed by atoms with Crippen LogP contribution in [0.5, 0.6) is 11.6 Å². The third kappa shape index (κ3) is 4.90. The second-order valence-corrected chi connectivity index (χ2v) is 7.41. The van der Waals surface area contributed by atoms with Crippen molar-refractivity contribution in [3.8, 4) is 11.6 Å². The SMILES string of the molecule is COc1ccc(C(=O)NCC(O)(c2cc(C(C)C)c(C)c(C)n2)C(F)(F)F)nc1OC. The third-order valence-corrected chi connectivity index (χ3v) is 5.05. The van der Waals surface area contributed by atoms with Crippen molar-refractivity contribution >= 4 is 5.91 Å². The van der Waals surface area contributed by atoms with Crippen molar-refractivity contribution in [1.29, 1.82) is 0 Å². The molecule has 0 aliphatic rings. The molecule has 0 aromatic carbocycles. The van der Waals surface area contributed by atoms with Crippen molar-refractivity contribution in [2.24, 2.45) is 0 Å². The number of aliphatic hydroxyl groups is 1. The summed E-state index contributed by atoms with van der Waals surface area (Å²) in [6.45, 7) is 5.87. The number of carbonyl (C=O) groups excluding carboxylic acids is 1. The standard InChI is InChI=1S/C21H26F3N3O4/c1-11(2)14-9-17(26-13(4)12(14)3)20(29,21(22,23)24)10-25-18(28)15-7-8-16(30-5)19(27-15)31-6/h7-9,11,29H,10H2,1-6H3,(H,25,28). The molecule has 31 heavy (non-hydrogen) atoms. The van der Waals surface area contributed by atoms with E-state index < -0.39 is 29.9 Å². The van der Waals surface area contributed by atoms with Gasteiger partial charge >= 0.3 is 6.18 Å². The second-order valence-electron chi connectivity index (χ2n) is 7.41. The van der Waals surface area contributed by atoms with E-state index in [1.165, 1.54) is 32.4 Å². The lowest BCUT2D eigenvalue weighted by atomic mass is 9.91. The van der Waals surface area contributed by atoms with Gasteiger partial charge in [-0.2, -0.15) is 13.2 Å². The van der Waals surface area contributed by atoms with Gasteiger partial charge in [0.05, 0.1) is 26.5 Å². The molecule has 0 bridgehead atoms. The first-order valence-electron chi connectivity index (χ1n) is 9.50. The van der Waals surface area contributed by atoms with Crippen LogP contribution in [0.3, 0.4) is 0 Å². The Bertz CT molecular complexity index is 964. The van der Waals surface area contributed by atoms with E-state index >= 15 is 0 Å². The Morgan fingerprint density at radius 1 is 1.16 bits per heavy atom. The van der Waals surface area contributed by atoms with Crippen molar-refractivity contribution in [2.45, 2.75) is 45.4 Å². The first-order valence-corrected chi connectivity index (χ1v) is 9.50. The number of methoxy groups -OCH3 is 2. The van der Waals surface area contributed by atoms with E-state index in [2.05, 4.69) is 15.3 Å². The van der Waals surface area contributed by atoms with E-state index in [9.17, 15) is 23.1 Å². The summed E-state index contributed by atoms with van der Waals surface area (Å²) in [5.41, 5.74) is -2.40. The summed E-state index contributed by atoms with van der Waals surface area (Å²) in [5.74, 6) is -0.745. The Labute approximate surface area is 178 Å². The van der Waals surface area contributed by atoms with Gasteiger partial charge in [0.25, 0.3) is 11.8 Å². The number of hydrogen-bond acceptors (Lipinski definition) is 6. The molecule has 0 saturated carbocycles. The van der Waals surface area contributed by atoms with Crippen LogP contribution in [0.1, 0.15) is 52.8 Å². The molecule has 0 aliphatic heterocycles. The van der Waals surface area contributed by atoms with Crippen LogP contribution in [0.4, 0.5) is 13.2 Å². The number of nitrogens with zero attached hydrogens (tertiary/aromatic N) is 2. The maximum atomic E-state index is 13.9. The average Bonchev–Trinajstić information content (AvgIpc) is 2.71. The summed E-state index contributed by atoms with van der Waals surface area (Å²) >= 11 is 0. The highest BCUT2D eigenvalue weighted by atomic mass is 19.4. The van der Waals surface area contributed by atoms with Gasteiger partial charge in [-0.1, -0.05) is 13.8 Å². The number of aryl methyl sites for hydroxylation is 1. The van der Waals surface area contributed by atoms with Gasteiger partial charge in [0.15, 0.2) is 5.75 Å². The average molecular weight is 441 g/mol. The molecule has 0 saturated heterocycles. The van der Waals surface area contributed by atoms with Crippen LogP contribution >= 0.6 is 0 Å². The number of aromatic nitrogens is 2. The van der Waals surface area contributed by atoms with E-state index in [1.54, 1.807) is 13.8 Å². The van der Waals surface area contributed by atoms with Crippen molar-refractivity contribution in [1.82, 2.24) is 15.3 Å². The van der Waals surface area contributed by atoms with Crippen molar-refractivity contribution < 1.29 is 32.5 Å². The van der Waals surface area contributed by atoms with E-state index in [0.29, 0.717) is 11.3 Å². The molecule has 0 fully saturated rings. The number of hydrogen-bond donors (Lipinski definition) is 2. The zero-order valence-corrected chi connectivity index (χ0v) is 18.2. The largest absolute Gasteiger partial charge is 0.491 e. The Hall–Kier alpha value is -2.88. The molecule has 0 spiro atoms. The lowest BCUT2D eigenvalue weighted by Crippen LogP contribution is -2.51. The highest BCUT2D eigenvalue weighted by Crippen LogP contribution is 2.39. The number of halogens is 3. The van der Waals surface area contributed by atoms with Gasteiger partial charge < -0.3 is 19.9 Å². The van der Waals surface area contributed by atoms with Crippen molar-refractivity contribution in [3.05, 3.63) is 46.4 Å². The number of ether oxygens (including phenoxy) is 2. The quantitative estimate of drug-likeness (QED) is 0.684. The van der Waals surface area contributed by atoms with Crippen LogP contribution in [0.15, 0.2) is 18.2 Å². The lowest BCUT2D eigenvalue weighted by Gasteiger charge is -2.31. The Morgan fingerprint density at radius 3 is 2.32 bits per heavy atom. The summed E-state index contributed by atoms with van der Waals surface area (Å²) in [5, 5.41) is 12.8. The Kier molecular flexibility index (Phi) is 7.15. The highest BCUT2D eigenvalue weighted by Gasteiger charge is 2.56. The smallest absolute Gasteiger partial charge is 0.424 e. The zero-order chi connectivity index (χ0) is 23.6. The molecule has 2 heterocycles. The van der Waals surface area contributed by atoms with E-state index in [0.717, 1.165) is 5.56 Å². The maximum absolute atomic E-state index is 13.9. The van der Waals surface area contributed by atoms with Gasteiger partial charge in [-0.25, -0.2) is 4.98 Å². The molecule has 0 aliphatic carbocycles. The predicted octanol–water partition coefficient (Wildman–Crippen LogP) is 3.41. The fourth-order valence-electron chi connectivity index (χ4n) is 3.06. The predicted molar refractivity (Wildman–Crippen MR) is 107 cm³/mol. The molecule has 10 heteroatoms. The monoisotopic (exact) mass is 441 g/mol. The molecular weight excluding hydrogens is 415 g/mol. The minimum atomic E-state index is -5.09. The van der Waals surface area contributed by atoms with Gasteiger partial charge in [-0.05, 0) is 49.1 Å². The van der Waals surface area contributed by atoms with E-state index in [-0.39, 0.29) is 23.2 Å². The molecule has 0 radical (unpaired) electrons. The van der Waals surface area contributed by atoms with Gasteiger partial charge in [-0.3, -0.25) is 9.78 Å². The van der Waals surface area contributed by atoms with E-state index in [1.807, 2.05) is 13.8 Å². The molecule has 1 unspecified atom stereocenters. The molecule has 1 amide bonds. The van der Waals surface area contributed by atoms with Gasteiger partial charge in [0, 0.05) is 5.69 Å². The van der Waals surface area contributed by atoms with Gasteiger partial charge in [0.2, 0.25) is 5.60 Å². The summed E-state index contributed by atoms with van der Waals surface area (Å²) in [6.07, 6.45) is -5.09. The van der Waals surface area contributed by atoms with Crippen LogP contribution in [0.2, 0.25) is 0 Å². The van der Waals surface area contributed by atoms with Crippen LogP contribution in [-0.4, -0.2) is 47.9 Å². The van der Waals surface area contributed by atoms with Gasteiger partial charge in [-0.15, -0.1) is 0 Å². The van der Waals surface area contributed by atoms with Crippen molar-refractivity contribution in [2.75, 3.05) is 20.8 Å². The second kappa shape index (κ2) is 9.09. The normalized spacial score (nSPS) is 13.6. The number of rotatable bonds is 7. The van der Waals surface area contributed by atoms with Crippen LogP contribution in [0.25, 0.3) is 0 Å². The summed E-state index contributed by atoms with van der Waals surface area (Å²) < 4.78 is 51.8. The number of amides is 1. The van der Waals surface area contributed by atoms with E-state index in [4.69, 9.17) is 9.47 Å². The lowest BCUT2D eigenvalue weighted by molar-refractivity contribution is -0.265. The minimum Gasteiger partial charge on any atom is -0.491 e. The highest BCUT2D eigenvalue weighted by molar-refractivity contribution is 5.92. The zero-order valence-electron chi connectivity index (χ0n) is 18.2. The summed E-state index contributed by atoms with van der Waals surface area (Å²) in [6, 6.07) is 3.91. The fourth-order valence-corrected chi connectivity index (χ4v) is 3.06. The maximum Gasteiger partial charge on any atom is 0.424 e. The molecule has 2 N–H and O–H groups in total. The molecule has 170 valence electrons. The summed E-state index contributed by atoms with van der Waals surface area (Å²) in [4.78, 5) is 20.3. The molecule has 7 nitrogen and oxygen atoms in total. The topological polar surface area (TPSA) is 93.6 Å². The molecule has 2 rings (SSSR count). The summed E-state index contributed by atoms with van der Waals surface area (Å²) in [7, 11) is 2.69. The molecule has 2 aromatic heterocycles. The molecule has 2 aromatic rings. The fraction of sp³-hybridized carbons (Fsp3) is 0.476. The third-order valence-electron chi connectivity index (χ3n) is 5.05. The first kappa shape index (κ1) is 24.4. The van der Waals surface area contributed by atoms with Crippen LogP contribution in [0, 0.1) is 13.8 Å². The number of alkyl halides is 3. The van der Waals surface area contributed by atoms with Crippen molar-refractivity contribution in [3.63, 3.8) is 0 Å². The molecular formula is C21H26F3N3O4. The first-order chi connectivity index (χ1) is 14.4. The number of nitrogens with one attached hydrogen (secondary N) is 1. The minimum absolute atomic E-state index is 0.00126. The van der Waals surface area contributed by atoms with Crippen LogP contribution < -0.4 is 14.8 Å². The van der Waals surface area contributed by atoms with Crippen LogP contribution in [-0.2, 0) is 5.60 Å². The van der Waals surface area contributed by atoms with Gasteiger partial charge in [0.1, 0.15) is 5.69 Å². The number of carbonyl (C=O) groups is 1. The molecule has 1 atom stereocenters. The number of pyridine rings is 2.